The normalized spacial score (nSPS) is 24.6. The number of rotatable bonds is 24. The van der Waals surface area contributed by atoms with Crippen LogP contribution in [-0.2, 0) is 76.1 Å². The zero-order valence-corrected chi connectivity index (χ0v) is 50.1. The van der Waals surface area contributed by atoms with Gasteiger partial charge >= 0.3 is 0 Å². The predicted octanol–water partition coefficient (Wildman–Crippen LogP) is -4.48. The Labute approximate surface area is 503 Å². The van der Waals surface area contributed by atoms with E-state index in [0.29, 0.717) is 67.4 Å². The molecule has 86 heavy (non-hydrogen) atoms. The van der Waals surface area contributed by atoms with Gasteiger partial charge in [-0.25, -0.2) is 0 Å². The van der Waals surface area contributed by atoms with Gasteiger partial charge in [0.15, 0.2) is 6.04 Å². The highest BCUT2D eigenvalue weighted by atomic mass is 32.2. The average Bonchev–Trinajstić information content (AvgIpc) is 1.85. The third-order valence-corrected chi connectivity index (χ3v) is 18.6. The zero-order chi connectivity index (χ0) is 63.1. The second-order valence-corrected chi connectivity index (χ2v) is 24.7. The van der Waals surface area contributed by atoms with Crippen molar-refractivity contribution in [3.63, 3.8) is 0 Å². The van der Waals surface area contributed by atoms with Crippen molar-refractivity contribution < 1.29 is 82.5 Å². The predicted molar refractivity (Wildman–Crippen MR) is 311 cm³/mol. The van der Waals surface area contributed by atoms with E-state index in [1.165, 1.54) is 37.9 Å². The van der Waals surface area contributed by atoms with E-state index in [1.807, 2.05) is 0 Å². The number of thioether (sulfide) groups is 1. The molecule has 5 heterocycles. The summed E-state index contributed by atoms with van der Waals surface area (Å²) in [6.07, 6.45) is 1.02. The number of nitrogens with zero attached hydrogens (tertiary/aromatic N) is 3. The number of nitrogens with two attached hydrogens (primary N) is 2. The second kappa shape index (κ2) is 31.7. The van der Waals surface area contributed by atoms with Crippen molar-refractivity contribution in [3.05, 3.63) is 35.4 Å². The van der Waals surface area contributed by atoms with E-state index in [9.17, 15) is 73.2 Å². The van der Waals surface area contributed by atoms with Crippen LogP contribution in [0.25, 0.3) is 10.9 Å². The van der Waals surface area contributed by atoms with Crippen LogP contribution < -0.4 is 48.1 Å². The van der Waals surface area contributed by atoms with Gasteiger partial charge in [-0.15, -0.1) is 0 Å². The molecule has 2 aromatic rings. The summed E-state index contributed by atoms with van der Waals surface area (Å²) in [5.41, 5.74) is 12.3. The molecule has 1 aromatic carbocycles. The fraction of sp³-hybridized carbons (Fsp3) is 0.618. The van der Waals surface area contributed by atoms with Gasteiger partial charge in [0.1, 0.15) is 35.7 Å². The number of aromatic nitrogens is 1. The summed E-state index contributed by atoms with van der Waals surface area (Å²) >= 11 is -0.881. The van der Waals surface area contributed by atoms with Crippen LogP contribution >= 0.6 is 11.8 Å². The highest BCUT2D eigenvalue weighted by molar-refractivity contribution is 7.99. The lowest BCUT2D eigenvalue weighted by atomic mass is 9.94. The number of aliphatic hydroxyl groups excluding tert-OH is 4. The Kier molecular flexibility index (Phi) is 25.1. The molecule has 0 bridgehead atoms. The molecule has 29 nitrogen and oxygen atoms in total. The first-order valence-electron chi connectivity index (χ1n) is 28.6. The smallest absolute Gasteiger partial charge is 0.253 e. The zero-order valence-electron chi connectivity index (χ0n) is 48.5. The second-order valence-electron chi connectivity index (χ2n) is 21.9. The molecule has 0 spiro atoms. The number of hydrogen-bond donors (Lipinski definition) is 13. The Bertz CT molecular complexity index is 2860. The fourth-order valence-electron chi connectivity index (χ4n) is 10.7. The van der Waals surface area contributed by atoms with Crippen LogP contribution in [0.4, 0.5) is 0 Å². The van der Waals surface area contributed by atoms with Crippen LogP contribution in [0.3, 0.4) is 0 Å². The van der Waals surface area contributed by atoms with Crippen LogP contribution in [0.2, 0.25) is 0 Å². The lowest BCUT2D eigenvalue weighted by Crippen LogP contribution is -2.61. The van der Waals surface area contributed by atoms with Crippen molar-refractivity contribution in [2.24, 2.45) is 23.3 Å². The Balaban J connectivity index is 1.36. The number of ether oxygens (including phenoxy) is 1. The van der Waals surface area contributed by atoms with E-state index < -0.39 is 170 Å². The van der Waals surface area contributed by atoms with Gasteiger partial charge in [0, 0.05) is 102 Å². The first kappa shape index (κ1) is 68.2. The third-order valence-electron chi connectivity index (χ3n) is 15.9. The van der Waals surface area contributed by atoms with Gasteiger partial charge in [-0.3, -0.25) is 57.6 Å². The van der Waals surface area contributed by atoms with Crippen molar-refractivity contribution in [1.29, 1.82) is 0 Å². The molecular weight excluding hydrogens is 1160 g/mol. The molecule has 0 saturated carbocycles. The van der Waals surface area contributed by atoms with Crippen LogP contribution in [0.5, 0.6) is 5.75 Å². The maximum absolute atomic E-state index is 15.3. The van der Waals surface area contributed by atoms with Gasteiger partial charge in [-0.2, -0.15) is 11.8 Å². The van der Waals surface area contributed by atoms with Crippen molar-refractivity contribution in [3.8, 4) is 5.75 Å². The molecule has 1 unspecified atom stereocenters. The Hall–Kier alpha value is -6.87. The van der Waals surface area contributed by atoms with E-state index >= 15 is 4.55 Å². The van der Waals surface area contributed by atoms with Gasteiger partial charge in [0.25, 0.3) is 11.8 Å². The molecule has 31 heteroatoms. The summed E-state index contributed by atoms with van der Waals surface area (Å²) in [7, 11) is 1.45. The number of aliphatic hydroxyl groups is 4. The number of carbonyl (C=O) groups is 11. The van der Waals surface area contributed by atoms with Gasteiger partial charge < -0.3 is 87.9 Å². The summed E-state index contributed by atoms with van der Waals surface area (Å²) < 4.78 is 21.1. The summed E-state index contributed by atoms with van der Waals surface area (Å²) in [6.45, 7) is 2.64. The fourth-order valence-corrected chi connectivity index (χ4v) is 13.4. The number of imide groups is 1. The van der Waals surface area contributed by atoms with Crippen LogP contribution in [0, 0.1) is 11.8 Å². The Morgan fingerprint density at radius 3 is 2.33 bits per heavy atom. The lowest BCUT2D eigenvalue weighted by Gasteiger charge is -2.32. The molecule has 6 rings (SSSR count). The molecule has 4 aliphatic rings. The molecular formula is C55H80N12O17S2. The van der Waals surface area contributed by atoms with Crippen LogP contribution in [0.15, 0.2) is 29.3 Å². The summed E-state index contributed by atoms with van der Waals surface area (Å²) in [6, 6.07) is -6.04. The first-order chi connectivity index (χ1) is 40.9. The minimum Gasteiger partial charge on any atom is -0.610 e. The topological polar surface area (TPSA) is 451 Å². The average molecular weight is 1250 g/mol. The van der Waals surface area contributed by atoms with Crippen LogP contribution in [0.1, 0.15) is 83.3 Å². The molecule has 1 aromatic heterocycles. The number of unbranched alkanes of at least 4 members (excludes halogenated alkanes) is 2. The number of carbonyl (C=O) groups excluding carboxylic acids is 11. The standard InChI is InChI=1S/C55H80N12O17S2/c1-5-28(2)47(62-42(73)20-56)52(80)58-21-43(74)60-37-27-86(83)54-34(33-10-11-40(84-4)35(49(33)64-54)26-85-32-14-16-65(23-32)44(75)9-7-6-8-15-66-45(76)12-13-46(66)77)17-30(24-68)59-53(81)48(29(3)39(71)25-69)63-51(79)38-18-31(70)22-67(38)55(82)36(19-41(57)72)61-50(37)78/h10-13,28-32,36-39,47-48,64,68-71H,5-9,14-27,56H2,1-4H3,(H2,57,72)(H,58,80)(H,59,81)(H,60,74)(H,61,78)(H,62,73)(H,63,79)/t28-,29-,30-,31+,32+,36-,37-,38-,39-,47-,48-,86?/m0/s1. The first-order valence-corrected chi connectivity index (χ1v) is 31.0. The number of hydrogen-bond acceptors (Lipinski definition) is 19. The number of primary amides is 1. The van der Waals surface area contributed by atoms with E-state index in [1.54, 1.807) is 30.9 Å². The van der Waals surface area contributed by atoms with Crippen molar-refractivity contribution in [2.45, 2.75) is 143 Å². The lowest BCUT2D eigenvalue weighted by molar-refractivity contribution is -0.144. The minimum atomic E-state index is -2.41. The number of nitrogens with one attached hydrogen (secondary N) is 7. The maximum atomic E-state index is 15.3. The quantitative estimate of drug-likeness (QED) is 0.0268. The number of benzene rings is 1. The molecule has 2 fully saturated rings. The molecule has 474 valence electrons. The molecule has 12 atom stereocenters. The summed E-state index contributed by atoms with van der Waals surface area (Å²) in [4.78, 5) is 154. The summed E-state index contributed by atoms with van der Waals surface area (Å²) in [5.74, 6) is -10.4. The Morgan fingerprint density at radius 1 is 0.953 bits per heavy atom. The summed E-state index contributed by atoms with van der Waals surface area (Å²) in [5, 5.41) is 58.0. The highest BCUT2D eigenvalue weighted by Gasteiger charge is 2.45. The highest BCUT2D eigenvalue weighted by Crippen LogP contribution is 2.38. The largest absolute Gasteiger partial charge is 0.610 e. The van der Waals surface area contributed by atoms with E-state index in [4.69, 9.17) is 16.2 Å². The molecule has 0 aliphatic carbocycles. The van der Waals surface area contributed by atoms with Gasteiger partial charge in [0.2, 0.25) is 58.2 Å². The van der Waals surface area contributed by atoms with E-state index in [0.717, 1.165) is 9.80 Å². The minimum absolute atomic E-state index is 0.0402. The maximum Gasteiger partial charge on any atom is 0.253 e. The SMILES string of the molecule is CC[C@H](C)[C@H](NC(=O)CN)C(=O)NCC(=O)N[C@H]1C[S+]([O-])c2[nH]c3c(CS[C@@H]4CCN(C(=O)CCCCCN5C(=O)C=CC5=O)C4)c(OC)ccc3c2C[C@@H](CO)NC(=O)[C@H]([C@@H](C)[C@@H](O)CO)NC(=O)[C@@H]2C[C@@H](O)CN2C(=O)[C@H](CC(N)=O)NC1=O. The number of amides is 11. The monoisotopic (exact) mass is 1240 g/mol. The number of methoxy groups -OCH3 is 1. The molecule has 0 radical (unpaired) electrons. The number of fused-ring (bicyclic) bond motifs is 4. The molecule has 15 N–H and O–H groups in total. The van der Waals surface area contributed by atoms with E-state index in [-0.39, 0.29) is 58.7 Å². The third kappa shape index (κ3) is 17.4. The van der Waals surface area contributed by atoms with Crippen molar-refractivity contribution >= 4 is 98.8 Å². The Morgan fingerprint density at radius 2 is 1.67 bits per heavy atom. The van der Waals surface area contributed by atoms with E-state index in [2.05, 4.69) is 36.9 Å². The number of likely N-dealkylation sites (tertiary alicyclic amines) is 1. The van der Waals surface area contributed by atoms with Crippen molar-refractivity contribution in [1.82, 2.24) is 51.6 Å². The van der Waals surface area contributed by atoms with Crippen LogP contribution in [-0.4, -0.2) is 229 Å². The number of H-pyrrole nitrogens is 1. The van der Waals surface area contributed by atoms with Gasteiger partial charge in [-0.1, -0.05) is 33.6 Å². The van der Waals surface area contributed by atoms with Gasteiger partial charge in [0.05, 0.1) is 63.6 Å². The van der Waals surface area contributed by atoms with Gasteiger partial charge in [-0.05, 0) is 37.3 Å². The molecule has 2 saturated heterocycles. The van der Waals surface area contributed by atoms with Crippen molar-refractivity contribution in [2.75, 3.05) is 65.3 Å². The number of aromatic amines is 1. The molecule has 11 amide bonds. The molecule has 4 aliphatic heterocycles.